The normalized spacial score (nSPS) is 22.1. The summed E-state index contributed by atoms with van der Waals surface area (Å²) in [5.41, 5.74) is 0. The fourth-order valence-corrected chi connectivity index (χ4v) is 3.27. The second-order valence-corrected chi connectivity index (χ2v) is 6.89. The molecule has 142 valence electrons. The number of piperidine rings is 1. The lowest BCUT2D eigenvalue weighted by Crippen LogP contribution is -2.46. The van der Waals surface area contributed by atoms with Crippen molar-refractivity contribution in [3.8, 4) is 0 Å². The number of guanidine groups is 1. The minimum atomic E-state index is 0. The van der Waals surface area contributed by atoms with Gasteiger partial charge in [-0.1, -0.05) is 13.3 Å². The molecule has 0 aromatic rings. The van der Waals surface area contributed by atoms with Gasteiger partial charge in [0.05, 0.1) is 0 Å². The molecule has 0 aromatic heterocycles. The highest BCUT2D eigenvalue weighted by atomic mass is 127. The summed E-state index contributed by atoms with van der Waals surface area (Å²) in [6.07, 6.45) is 9.16. The maximum atomic E-state index is 5.65. The van der Waals surface area contributed by atoms with Crippen molar-refractivity contribution in [1.29, 1.82) is 0 Å². The number of aliphatic imine (C=N–C) groups is 1. The first kappa shape index (κ1) is 22.0. The Morgan fingerprint density at radius 1 is 1.17 bits per heavy atom. The van der Waals surface area contributed by atoms with Crippen LogP contribution in [0.1, 0.15) is 51.9 Å². The van der Waals surface area contributed by atoms with Crippen LogP contribution >= 0.6 is 24.0 Å². The minimum Gasteiger partial charge on any atom is -0.381 e. The number of rotatable bonds is 10. The quantitative estimate of drug-likeness (QED) is 0.232. The molecule has 0 aromatic carbocycles. The van der Waals surface area contributed by atoms with E-state index in [4.69, 9.17) is 4.74 Å². The Hall–Kier alpha value is -0.0800. The van der Waals surface area contributed by atoms with Crippen molar-refractivity contribution < 1.29 is 4.74 Å². The smallest absolute Gasteiger partial charge is 0.191 e. The Morgan fingerprint density at radius 2 is 1.96 bits per heavy atom. The van der Waals surface area contributed by atoms with Gasteiger partial charge in [-0.15, -0.1) is 24.0 Å². The number of hydrogen-bond donors (Lipinski definition) is 2. The zero-order chi connectivity index (χ0) is 16.3. The van der Waals surface area contributed by atoms with E-state index in [-0.39, 0.29) is 24.0 Å². The van der Waals surface area contributed by atoms with Gasteiger partial charge in [-0.25, -0.2) is 0 Å². The third kappa shape index (κ3) is 8.85. The van der Waals surface area contributed by atoms with E-state index in [1.165, 1.54) is 45.1 Å². The van der Waals surface area contributed by atoms with E-state index in [0.717, 1.165) is 57.2 Å². The van der Waals surface area contributed by atoms with Crippen LogP contribution in [-0.2, 0) is 4.74 Å². The highest BCUT2D eigenvalue weighted by molar-refractivity contribution is 14.0. The van der Waals surface area contributed by atoms with E-state index in [0.29, 0.717) is 0 Å². The summed E-state index contributed by atoms with van der Waals surface area (Å²) in [4.78, 5) is 6.94. The molecule has 1 atom stereocenters. The lowest BCUT2D eigenvalue weighted by atomic mass is 10.0. The number of nitrogens with one attached hydrogen (secondary N) is 2. The van der Waals surface area contributed by atoms with Crippen LogP contribution in [0.5, 0.6) is 0 Å². The maximum absolute atomic E-state index is 5.65. The van der Waals surface area contributed by atoms with Gasteiger partial charge >= 0.3 is 0 Å². The van der Waals surface area contributed by atoms with Crippen LogP contribution in [0, 0.1) is 5.92 Å². The Balaban J connectivity index is 0.00000288. The molecule has 1 heterocycles. The summed E-state index contributed by atoms with van der Waals surface area (Å²) in [5, 5.41) is 6.81. The molecule has 1 saturated heterocycles. The first-order chi connectivity index (χ1) is 11.3. The molecular formula is C18H37IN4O. The Labute approximate surface area is 165 Å². The fraction of sp³-hybridized carbons (Fsp3) is 0.944. The number of nitrogens with zero attached hydrogens (tertiary/aromatic N) is 2. The van der Waals surface area contributed by atoms with Crippen molar-refractivity contribution in [2.45, 2.75) is 57.9 Å². The van der Waals surface area contributed by atoms with E-state index in [2.05, 4.69) is 27.4 Å². The standard InChI is InChI=1S/C18H36N4O.HI/c1-3-17-7-4-5-12-22(17)13-11-21-18(19-2)20-10-6-14-23-15-16-8-9-16;/h16-17H,3-15H2,1-2H3,(H2,19,20,21);1H. The van der Waals surface area contributed by atoms with Crippen LogP contribution in [-0.4, -0.2) is 63.3 Å². The third-order valence-electron chi connectivity index (χ3n) is 4.94. The highest BCUT2D eigenvalue weighted by Gasteiger charge is 2.21. The minimum absolute atomic E-state index is 0. The monoisotopic (exact) mass is 452 g/mol. The molecule has 6 heteroatoms. The molecule has 1 saturated carbocycles. The average molecular weight is 452 g/mol. The molecule has 0 radical (unpaired) electrons. The van der Waals surface area contributed by atoms with Crippen molar-refractivity contribution in [3.05, 3.63) is 0 Å². The van der Waals surface area contributed by atoms with Gasteiger partial charge in [0.15, 0.2) is 5.96 Å². The van der Waals surface area contributed by atoms with Gasteiger partial charge in [0.2, 0.25) is 0 Å². The number of likely N-dealkylation sites (tertiary alicyclic amines) is 1. The summed E-state index contributed by atoms with van der Waals surface area (Å²) < 4.78 is 5.65. The molecule has 1 unspecified atom stereocenters. The zero-order valence-corrected chi connectivity index (χ0v) is 17.9. The Bertz CT molecular complexity index is 350. The summed E-state index contributed by atoms with van der Waals surface area (Å²) in [5.74, 6) is 1.77. The van der Waals surface area contributed by atoms with Crippen molar-refractivity contribution >= 4 is 29.9 Å². The molecule has 1 aliphatic carbocycles. The molecule has 1 aliphatic heterocycles. The SMILES string of the molecule is CCC1CCCCN1CCNC(=NC)NCCCOCC1CC1.I. The van der Waals surface area contributed by atoms with E-state index in [9.17, 15) is 0 Å². The summed E-state index contributed by atoms with van der Waals surface area (Å²) >= 11 is 0. The van der Waals surface area contributed by atoms with E-state index < -0.39 is 0 Å². The molecule has 2 aliphatic rings. The Morgan fingerprint density at radius 3 is 2.67 bits per heavy atom. The van der Waals surface area contributed by atoms with Crippen molar-refractivity contribution in [1.82, 2.24) is 15.5 Å². The number of hydrogen-bond acceptors (Lipinski definition) is 3. The van der Waals surface area contributed by atoms with E-state index in [1.54, 1.807) is 0 Å². The Kier molecular flexibility index (Phi) is 12.0. The predicted octanol–water partition coefficient (Wildman–Crippen LogP) is 2.85. The van der Waals surface area contributed by atoms with Crippen molar-refractivity contribution in [3.63, 3.8) is 0 Å². The fourth-order valence-electron chi connectivity index (χ4n) is 3.27. The van der Waals surface area contributed by atoms with Gasteiger partial charge in [-0.05, 0) is 51.0 Å². The van der Waals surface area contributed by atoms with Gasteiger partial charge in [-0.2, -0.15) is 0 Å². The van der Waals surface area contributed by atoms with Gasteiger partial charge in [0.25, 0.3) is 0 Å². The van der Waals surface area contributed by atoms with Crippen LogP contribution in [0.3, 0.4) is 0 Å². The zero-order valence-electron chi connectivity index (χ0n) is 15.6. The van der Waals surface area contributed by atoms with Crippen LogP contribution < -0.4 is 10.6 Å². The molecule has 0 spiro atoms. The first-order valence-corrected chi connectivity index (χ1v) is 9.59. The number of ether oxygens (including phenoxy) is 1. The van der Waals surface area contributed by atoms with Crippen LogP contribution in [0.25, 0.3) is 0 Å². The lowest BCUT2D eigenvalue weighted by molar-refractivity contribution is 0.123. The van der Waals surface area contributed by atoms with E-state index in [1.807, 2.05) is 7.05 Å². The second kappa shape index (κ2) is 13.2. The average Bonchev–Trinajstić information content (AvgIpc) is 3.41. The van der Waals surface area contributed by atoms with Crippen LogP contribution in [0.4, 0.5) is 0 Å². The molecule has 0 bridgehead atoms. The van der Waals surface area contributed by atoms with Gasteiger partial charge in [0.1, 0.15) is 0 Å². The molecule has 24 heavy (non-hydrogen) atoms. The predicted molar refractivity (Wildman–Crippen MR) is 112 cm³/mol. The topological polar surface area (TPSA) is 48.9 Å². The third-order valence-corrected chi connectivity index (χ3v) is 4.94. The van der Waals surface area contributed by atoms with Gasteiger partial charge in [0, 0.05) is 45.9 Å². The van der Waals surface area contributed by atoms with E-state index >= 15 is 0 Å². The second-order valence-electron chi connectivity index (χ2n) is 6.89. The lowest BCUT2D eigenvalue weighted by Gasteiger charge is -2.35. The van der Waals surface area contributed by atoms with Gasteiger partial charge in [-0.3, -0.25) is 9.89 Å². The first-order valence-electron chi connectivity index (χ1n) is 9.59. The summed E-state index contributed by atoms with van der Waals surface area (Å²) in [7, 11) is 1.84. The molecule has 2 fully saturated rings. The van der Waals surface area contributed by atoms with Crippen molar-refractivity contribution in [2.75, 3.05) is 46.4 Å². The van der Waals surface area contributed by atoms with Crippen LogP contribution in [0.15, 0.2) is 4.99 Å². The molecule has 5 nitrogen and oxygen atoms in total. The highest BCUT2D eigenvalue weighted by Crippen LogP contribution is 2.28. The molecule has 2 rings (SSSR count). The molecule has 2 N–H and O–H groups in total. The summed E-state index contributed by atoms with van der Waals surface area (Å²) in [6.45, 7) is 8.38. The summed E-state index contributed by atoms with van der Waals surface area (Å²) in [6, 6.07) is 0.782. The largest absolute Gasteiger partial charge is 0.381 e. The van der Waals surface area contributed by atoms with Crippen LogP contribution in [0.2, 0.25) is 0 Å². The molecule has 0 amide bonds. The van der Waals surface area contributed by atoms with Gasteiger partial charge < -0.3 is 15.4 Å². The molecular weight excluding hydrogens is 415 g/mol. The maximum Gasteiger partial charge on any atom is 0.191 e. The van der Waals surface area contributed by atoms with Crippen molar-refractivity contribution in [2.24, 2.45) is 10.9 Å². The number of halogens is 1.